The van der Waals surface area contributed by atoms with Crippen molar-refractivity contribution in [2.45, 2.75) is 24.8 Å². The van der Waals surface area contributed by atoms with E-state index >= 15 is 0 Å². The highest BCUT2D eigenvalue weighted by Crippen LogP contribution is 2.23. The van der Waals surface area contributed by atoms with E-state index in [2.05, 4.69) is 42.0 Å². The van der Waals surface area contributed by atoms with Crippen molar-refractivity contribution in [1.82, 2.24) is 9.97 Å². The predicted octanol–water partition coefficient (Wildman–Crippen LogP) is 3.39. The normalized spacial score (nSPS) is 10.4. The third-order valence-corrected chi connectivity index (χ3v) is 3.59. The summed E-state index contributed by atoms with van der Waals surface area (Å²) in [5.41, 5.74) is 3.91. The standard InChI is InChI=1S/C14H16N2OS/c1-10-4-5-11(2)12(8-10)9-18-14-15-7-6-13(16-14)17-3/h4-8H,9H2,1-3H3. The van der Waals surface area contributed by atoms with Crippen molar-refractivity contribution in [3.8, 4) is 5.88 Å². The lowest BCUT2D eigenvalue weighted by Gasteiger charge is -2.06. The summed E-state index contributed by atoms with van der Waals surface area (Å²) in [6.07, 6.45) is 1.72. The molecule has 0 radical (unpaired) electrons. The highest BCUT2D eigenvalue weighted by Gasteiger charge is 2.03. The molecule has 0 aliphatic rings. The van der Waals surface area contributed by atoms with Gasteiger partial charge in [-0.25, -0.2) is 4.98 Å². The summed E-state index contributed by atoms with van der Waals surface area (Å²) in [4.78, 5) is 8.51. The van der Waals surface area contributed by atoms with Crippen LogP contribution in [0.5, 0.6) is 5.88 Å². The molecule has 0 bridgehead atoms. The highest BCUT2D eigenvalue weighted by atomic mass is 32.2. The van der Waals surface area contributed by atoms with Crippen LogP contribution in [0.2, 0.25) is 0 Å². The molecular formula is C14H16N2OS. The number of hydrogen-bond acceptors (Lipinski definition) is 4. The van der Waals surface area contributed by atoms with Gasteiger partial charge in [-0.05, 0) is 25.0 Å². The van der Waals surface area contributed by atoms with Crippen molar-refractivity contribution >= 4 is 11.8 Å². The number of rotatable bonds is 4. The molecule has 0 saturated carbocycles. The molecule has 0 amide bonds. The van der Waals surface area contributed by atoms with E-state index in [9.17, 15) is 0 Å². The second kappa shape index (κ2) is 5.87. The molecule has 94 valence electrons. The van der Waals surface area contributed by atoms with Crippen molar-refractivity contribution < 1.29 is 4.74 Å². The zero-order valence-corrected chi connectivity index (χ0v) is 11.6. The van der Waals surface area contributed by atoms with E-state index in [1.54, 1.807) is 31.1 Å². The average Bonchev–Trinajstić information content (AvgIpc) is 2.40. The summed E-state index contributed by atoms with van der Waals surface area (Å²) < 4.78 is 5.09. The van der Waals surface area contributed by atoms with Crippen LogP contribution < -0.4 is 4.74 Å². The Balaban J connectivity index is 2.08. The summed E-state index contributed by atoms with van der Waals surface area (Å²) in [5, 5.41) is 0.746. The van der Waals surface area contributed by atoms with Crippen molar-refractivity contribution in [2.75, 3.05) is 7.11 Å². The molecule has 18 heavy (non-hydrogen) atoms. The topological polar surface area (TPSA) is 35.0 Å². The van der Waals surface area contributed by atoms with Crippen LogP contribution in [0.15, 0.2) is 35.6 Å². The van der Waals surface area contributed by atoms with E-state index < -0.39 is 0 Å². The van der Waals surface area contributed by atoms with Crippen LogP contribution in [0.3, 0.4) is 0 Å². The second-order valence-corrected chi connectivity index (χ2v) is 5.04. The van der Waals surface area contributed by atoms with Crippen LogP contribution in [-0.2, 0) is 5.75 Å². The molecule has 1 heterocycles. The highest BCUT2D eigenvalue weighted by molar-refractivity contribution is 7.98. The van der Waals surface area contributed by atoms with Gasteiger partial charge < -0.3 is 4.74 Å². The number of methoxy groups -OCH3 is 1. The van der Waals surface area contributed by atoms with E-state index in [0.29, 0.717) is 5.88 Å². The summed E-state index contributed by atoms with van der Waals surface area (Å²) in [7, 11) is 1.61. The van der Waals surface area contributed by atoms with E-state index in [-0.39, 0.29) is 0 Å². The van der Waals surface area contributed by atoms with Crippen molar-refractivity contribution in [1.29, 1.82) is 0 Å². The first-order valence-electron chi connectivity index (χ1n) is 5.75. The molecular weight excluding hydrogens is 244 g/mol. The number of ether oxygens (including phenoxy) is 1. The summed E-state index contributed by atoms with van der Waals surface area (Å²) >= 11 is 1.62. The Kier molecular flexibility index (Phi) is 4.20. The SMILES string of the molecule is COc1ccnc(SCc2cc(C)ccc2C)n1. The lowest BCUT2D eigenvalue weighted by atomic mass is 10.1. The number of benzene rings is 1. The van der Waals surface area contributed by atoms with E-state index in [1.807, 2.05) is 0 Å². The maximum atomic E-state index is 5.09. The zero-order valence-electron chi connectivity index (χ0n) is 10.8. The first kappa shape index (κ1) is 12.9. The Labute approximate surface area is 112 Å². The molecule has 0 N–H and O–H groups in total. The van der Waals surface area contributed by atoms with Gasteiger partial charge in [0.2, 0.25) is 5.88 Å². The predicted molar refractivity (Wildman–Crippen MR) is 74.1 cm³/mol. The molecule has 0 atom stereocenters. The monoisotopic (exact) mass is 260 g/mol. The third-order valence-electron chi connectivity index (χ3n) is 2.68. The largest absolute Gasteiger partial charge is 0.481 e. The van der Waals surface area contributed by atoms with Crippen LogP contribution in [0.4, 0.5) is 0 Å². The number of aryl methyl sites for hydroxylation is 2. The average molecular weight is 260 g/mol. The van der Waals surface area contributed by atoms with Gasteiger partial charge >= 0.3 is 0 Å². The van der Waals surface area contributed by atoms with Gasteiger partial charge in [0.1, 0.15) is 0 Å². The molecule has 3 nitrogen and oxygen atoms in total. The Morgan fingerprint density at radius 3 is 2.83 bits per heavy atom. The lowest BCUT2D eigenvalue weighted by Crippen LogP contribution is -1.93. The second-order valence-electron chi connectivity index (χ2n) is 4.10. The third kappa shape index (κ3) is 3.23. The summed E-state index contributed by atoms with van der Waals surface area (Å²) in [6, 6.07) is 8.24. The molecule has 0 aliphatic carbocycles. The van der Waals surface area contributed by atoms with E-state index in [1.165, 1.54) is 16.7 Å². The minimum absolute atomic E-state index is 0.605. The van der Waals surface area contributed by atoms with Gasteiger partial charge in [-0.1, -0.05) is 35.5 Å². The molecule has 4 heteroatoms. The van der Waals surface area contributed by atoms with Crippen molar-refractivity contribution in [3.63, 3.8) is 0 Å². The van der Waals surface area contributed by atoms with Gasteiger partial charge in [-0.2, -0.15) is 4.98 Å². The van der Waals surface area contributed by atoms with Gasteiger partial charge in [-0.3, -0.25) is 0 Å². The Morgan fingerprint density at radius 1 is 1.22 bits per heavy atom. The van der Waals surface area contributed by atoms with Crippen LogP contribution in [-0.4, -0.2) is 17.1 Å². The first-order chi connectivity index (χ1) is 8.69. The van der Waals surface area contributed by atoms with Gasteiger partial charge in [0.05, 0.1) is 7.11 Å². The Morgan fingerprint density at radius 2 is 2.06 bits per heavy atom. The maximum absolute atomic E-state index is 5.09. The fraction of sp³-hybridized carbons (Fsp3) is 0.286. The van der Waals surface area contributed by atoms with Crippen LogP contribution in [0.1, 0.15) is 16.7 Å². The molecule has 0 unspecified atom stereocenters. The molecule has 0 saturated heterocycles. The fourth-order valence-corrected chi connectivity index (χ4v) is 2.49. The molecule has 2 aromatic rings. The number of nitrogens with zero attached hydrogens (tertiary/aromatic N) is 2. The Hall–Kier alpha value is -1.55. The minimum atomic E-state index is 0.605. The molecule has 0 aliphatic heterocycles. The van der Waals surface area contributed by atoms with E-state index in [4.69, 9.17) is 4.74 Å². The van der Waals surface area contributed by atoms with Gasteiger partial charge in [0.25, 0.3) is 0 Å². The van der Waals surface area contributed by atoms with Gasteiger partial charge in [0, 0.05) is 18.0 Å². The molecule has 2 rings (SSSR count). The Bertz CT molecular complexity index is 543. The minimum Gasteiger partial charge on any atom is -0.481 e. The molecule has 1 aromatic heterocycles. The summed E-state index contributed by atoms with van der Waals surface area (Å²) in [6.45, 7) is 4.23. The molecule has 0 spiro atoms. The van der Waals surface area contributed by atoms with E-state index in [0.717, 1.165) is 10.9 Å². The van der Waals surface area contributed by atoms with Gasteiger partial charge in [-0.15, -0.1) is 0 Å². The van der Waals surface area contributed by atoms with Crippen LogP contribution >= 0.6 is 11.8 Å². The van der Waals surface area contributed by atoms with Gasteiger partial charge in [0.15, 0.2) is 5.16 Å². The van der Waals surface area contributed by atoms with Crippen molar-refractivity contribution in [3.05, 3.63) is 47.2 Å². The number of hydrogen-bond donors (Lipinski definition) is 0. The quantitative estimate of drug-likeness (QED) is 0.623. The fourth-order valence-electron chi connectivity index (χ4n) is 1.61. The number of thioether (sulfide) groups is 1. The zero-order chi connectivity index (χ0) is 13.0. The molecule has 1 aromatic carbocycles. The van der Waals surface area contributed by atoms with Crippen molar-refractivity contribution in [2.24, 2.45) is 0 Å². The number of aromatic nitrogens is 2. The summed E-state index contributed by atoms with van der Waals surface area (Å²) in [5.74, 6) is 1.48. The van der Waals surface area contributed by atoms with Crippen LogP contribution in [0.25, 0.3) is 0 Å². The molecule has 0 fully saturated rings. The first-order valence-corrected chi connectivity index (χ1v) is 6.73. The maximum Gasteiger partial charge on any atom is 0.216 e. The smallest absolute Gasteiger partial charge is 0.216 e. The lowest BCUT2D eigenvalue weighted by molar-refractivity contribution is 0.392. The van der Waals surface area contributed by atoms with Crippen LogP contribution in [0, 0.1) is 13.8 Å².